The molecule has 4 rings (SSSR count). The van der Waals surface area contributed by atoms with E-state index in [-0.39, 0.29) is 5.56 Å². The van der Waals surface area contributed by atoms with Gasteiger partial charge in [0.1, 0.15) is 23.3 Å². The zero-order chi connectivity index (χ0) is 25.9. The summed E-state index contributed by atoms with van der Waals surface area (Å²) in [6.45, 7) is 6.36. The summed E-state index contributed by atoms with van der Waals surface area (Å²) in [5, 5.41) is 0. The molecular formula is C28H35F2N3O3. The van der Waals surface area contributed by atoms with Gasteiger partial charge in [-0.3, -0.25) is 9.59 Å². The first-order chi connectivity index (χ1) is 17.1. The van der Waals surface area contributed by atoms with Crippen LogP contribution in [-0.4, -0.2) is 66.1 Å². The minimum absolute atomic E-state index is 0.0532. The number of nitrogens with two attached hydrogens (primary N) is 1. The predicted molar refractivity (Wildman–Crippen MR) is 135 cm³/mol. The summed E-state index contributed by atoms with van der Waals surface area (Å²) in [6, 6.07) is 11.1. The largest absolute Gasteiger partial charge is 0.493 e. The van der Waals surface area contributed by atoms with Crippen molar-refractivity contribution in [1.82, 2.24) is 9.80 Å². The number of hydrogen-bond donors (Lipinski definition) is 1. The summed E-state index contributed by atoms with van der Waals surface area (Å²) < 4.78 is 34.8. The van der Waals surface area contributed by atoms with Crippen molar-refractivity contribution in [2.24, 2.45) is 11.7 Å². The lowest BCUT2D eigenvalue weighted by Gasteiger charge is -2.34. The van der Waals surface area contributed by atoms with E-state index in [1.165, 1.54) is 11.0 Å². The Bertz CT molecular complexity index is 1080. The van der Waals surface area contributed by atoms with Crippen LogP contribution in [0.2, 0.25) is 0 Å². The first-order valence-electron chi connectivity index (χ1n) is 12.7. The van der Waals surface area contributed by atoms with Gasteiger partial charge in [-0.2, -0.15) is 0 Å². The van der Waals surface area contributed by atoms with Gasteiger partial charge >= 0.3 is 0 Å². The van der Waals surface area contributed by atoms with E-state index in [4.69, 9.17) is 10.5 Å². The van der Waals surface area contributed by atoms with Gasteiger partial charge in [0.2, 0.25) is 5.91 Å². The van der Waals surface area contributed by atoms with Gasteiger partial charge in [-0.1, -0.05) is 24.3 Å². The molecule has 1 unspecified atom stereocenters. The Balaban J connectivity index is 1.41. The lowest BCUT2D eigenvalue weighted by atomic mass is 9.96. The Kier molecular flexibility index (Phi) is 7.93. The summed E-state index contributed by atoms with van der Waals surface area (Å²) in [7, 11) is 0. The number of primary amides is 1. The number of alkyl halides is 1. The Morgan fingerprint density at radius 3 is 2.39 bits per heavy atom. The molecule has 2 aliphatic rings. The first kappa shape index (κ1) is 26.1. The van der Waals surface area contributed by atoms with Crippen LogP contribution in [0, 0.1) is 11.7 Å². The van der Waals surface area contributed by atoms with Crippen LogP contribution in [0.25, 0.3) is 11.1 Å². The second-order valence-corrected chi connectivity index (χ2v) is 10.5. The average Bonchev–Trinajstić information content (AvgIpc) is 3.33. The van der Waals surface area contributed by atoms with Gasteiger partial charge in [-0.15, -0.1) is 0 Å². The predicted octanol–water partition coefficient (Wildman–Crippen LogP) is 4.42. The highest BCUT2D eigenvalue weighted by molar-refractivity contribution is 6.03. The third kappa shape index (κ3) is 6.22. The molecule has 36 heavy (non-hydrogen) atoms. The van der Waals surface area contributed by atoms with Crippen molar-refractivity contribution >= 4 is 11.8 Å². The summed E-state index contributed by atoms with van der Waals surface area (Å²) in [5.41, 5.74) is 5.37. The van der Waals surface area contributed by atoms with Crippen LogP contribution in [0.3, 0.4) is 0 Å². The molecule has 2 aliphatic heterocycles. The van der Waals surface area contributed by atoms with Crippen molar-refractivity contribution in [3.8, 4) is 16.9 Å². The highest BCUT2D eigenvalue weighted by Crippen LogP contribution is 2.31. The van der Waals surface area contributed by atoms with E-state index < -0.39 is 29.3 Å². The Morgan fingerprint density at radius 1 is 1.06 bits per heavy atom. The highest BCUT2D eigenvalue weighted by atomic mass is 19.1. The number of piperidine rings is 1. The van der Waals surface area contributed by atoms with E-state index in [0.717, 1.165) is 25.9 Å². The van der Waals surface area contributed by atoms with Gasteiger partial charge in [0, 0.05) is 13.1 Å². The van der Waals surface area contributed by atoms with Gasteiger partial charge in [-0.05, 0) is 87.9 Å². The molecule has 0 saturated carbocycles. The number of amides is 2. The van der Waals surface area contributed by atoms with E-state index >= 15 is 0 Å². The highest BCUT2D eigenvalue weighted by Gasteiger charge is 2.35. The molecule has 2 N–H and O–H groups in total. The molecule has 2 heterocycles. The van der Waals surface area contributed by atoms with Crippen LogP contribution in [-0.2, 0) is 4.79 Å². The van der Waals surface area contributed by atoms with E-state index in [2.05, 4.69) is 4.90 Å². The second-order valence-electron chi connectivity index (χ2n) is 10.5. The number of carbonyl (C=O) groups is 2. The molecular weight excluding hydrogens is 464 g/mol. The normalized spacial score (nSPS) is 19.4. The summed E-state index contributed by atoms with van der Waals surface area (Å²) in [6.07, 6.45) is 3.07. The van der Waals surface area contributed by atoms with Crippen molar-refractivity contribution in [3.63, 3.8) is 0 Å². The quantitative estimate of drug-likeness (QED) is 0.583. The maximum absolute atomic E-state index is 14.9. The van der Waals surface area contributed by atoms with Crippen molar-refractivity contribution < 1.29 is 23.1 Å². The molecule has 0 aromatic heterocycles. The number of halogens is 2. The maximum Gasteiger partial charge on any atom is 0.258 e. The molecule has 8 heteroatoms. The van der Waals surface area contributed by atoms with E-state index in [9.17, 15) is 18.4 Å². The molecule has 2 fully saturated rings. The Labute approximate surface area is 211 Å². The van der Waals surface area contributed by atoms with Crippen LogP contribution >= 0.6 is 0 Å². The summed E-state index contributed by atoms with van der Waals surface area (Å²) >= 11 is 0. The van der Waals surface area contributed by atoms with Crippen molar-refractivity contribution in [2.75, 3.05) is 32.8 Å². The lowest BCUT2D eigenvalue weighted by molar-refractivity contribution is -0.121. The zero-order valence-corrected chi connectivity index (χ0v) is 21.0. The molecule has 0 spiro atoms. The fraction of sp³-hybridized carbons (Fsp3) is 0.500. The fourth-order valence-corrected chi connectivity index (χ4v) is 5.22. The molecule has 194 valence electrons. The number of carbonyl (C=O) groups excluding carboxylic acids is 2. The van der Waals surface area contributed by atoms with E-state index in [1.807, 2.05) is 24.3 Å². The molecule has 0 aliphatic carbocycles. The summed E-state index contributed by atoms with van der Waals surface area (Å²) in [4.78, 5) is 28.6. The standard InChI is InChI=1S/C28H35F2N3O3/c1-28(2,30)18-32-15-12-19(13-16-32)17-36-21-10-8-20(9-11-21)22-5-3-6-23(29)25(22)27(35)33-14-4-7-24(33)26(31)34/h3,5-6,8-11,19,24H,4,7,12-18H2,1-2H3,(H2,31,34). The number of likely N-dealkylation sites (tertiary alicyclic amines) is 2. The minimum atomic E-state index is -1.19. The van der Waals surface area contributed by atoms with Crippen molar-refractivity contribution in [3.05, 3.63) is 53.8 Å². The minimum Gasteiger partial charge on any atom is -0.493 e. The van der Waals surface area contributed by atoms with Gasteiger partial charge in [-0.25, -0.2) is 8.78 Å². The SMILES string of the molecule is CC(C)(F)CN1CCC(COc2ccc(-c3cccc(F)c3C(=O)N3CCCC3C(N)=O)cc2)CC1. The van der Waals surface area contributed by atoms with Crippen LogP contribution in [0.1, 0.15) is 49.9 Å². The number of hydrogen-bond acceptors (Lipinski definition) is 4. The Morgan fingerprint density at radius 2 is 1.75 bits per heavy atom. The second kappa shape index (κ2) is 10.9. The number of ether oxygens (including phenoxy) is 1. The monoisotopic (exact) mass is 499 g/mol. The number of rotatable bonds is 8. The zero-order valence-electron chi connectivity index (χ0n) is 21.0. The topological polar surface area (TPSA) is 75.9 Å². The number of benzene rings is 2. The molecule has 2 amide bonds. The van der Waals surface area contributed by atoms with Gasteiger partial charge in [0.25, 0.3) is 5.91 Å². The molecule has 0 radical (unpaired) electrons. The maximum atomic E-state index is 14.9. The average molecular weight is 500 g/mol. The van der Waals surface area contributed by atoms with Crippen LogP contribution in [0.4, 0.5) is 8.78 Å². The number of nitrogens with zero attached hydrogens (tertiary/aromatic N) is 2. The lowest BCUT2D eigenvalue weighted by Crippen LogP contribution is -2.44. The molecule has 0 bridgehead atoms. The first-order valence-corrected chi connectivity index (χ1v) is 12.7. The fourth-order valence-electron chi connectivity index (χ4n) is 5.22. The molecule has 2 aromatic carbocycles. The molecule has 1 atom stereocenters. The van der Waals surface area contributed by atoms with Crippen molar-refractivity contribution in [1.29, 1.82) is 0 Å². The molecule has 2 aromatic rings. The molecule has 2 saturated heterocycles. The smallest absolute Gasteiger partial charge is 0.258 e. The van der Waals surface area contributed by atoms with E-state index in [0.29, 0.717) is 55.3 Å². The third-order valence-electron chi connectivity index (χ3n) is 7.03. The summed E-state index contributed by atoms with van der Waals surface area (Å²) in [5.74, 6) is -0.613. The van der Waals surface area contributed by atoms with Gasteiger partial charge < -0.3 is 20.3 Å². The van der Waals surface area contributed by atoms with Gasteiger partial charge in [0.05, 0.1) is 12.2 Å². The van der Waals surface area contributed by atoms with Crippen LogP contribution < -0.4 is 10.5 Å². The molecule has 6 nitrogen and oxygen atoms in total. The van der Waals surface area contributed by atoms with Gasteiger partial charge in [0.15, 0.2) is 0 Å². The van der Waals surface area contributed by atoms with Crippen LogP contribution in [0.5, 0.6) is 5.75 Å². The third-order valence-corrected chi connectivity index (χ3v) is 7.03. The van der Waals surface area contributed by atoms with Crippen molar-refractivity contribution in [2.45, 2.75) is 51.2 Å². The Hall–Kier alpha value is -3.00. The van der Waals surface area contributed by atoms with Crippen LogP contribution in [0.15, 0.2) is 42.5 Å². The van der Waals surface area contributed by atoms with E-state index in [1.54, 1.807) is 26.0 Å².